The van der Waals surface area contributed by atoms with Crippen LogP contribution in [0.1, 0.15) is 15.9 Å². The van der Waals surface area contributed by atoms with Crippen LogP contribution in [0.25, 0.3) is 0 Å². The minimum absolute atomic E-state index is 0.0261. The highest BCUT2D eigenvalue weighted by Gasteiger charge is 2.12. The van der Waals surface area contributed by atoms with Gasteiger partial charge in [-0.05, 0) is 42.5 Å². The van der Waals surface area contributed by atoms with E-state index in [0.29, 0.717) is 23.2 Å². The van der Waals surface area contributed by atoms with E-state index in [9.17, 15) is 14.0 Å². The first-order valence-electron chi connectivity index (χ1n) is 6.23. The van der Waals surface area contributed by atoms with Crippen molar-refractivity contribution in [2.75, 3.05) is 19.1 Å². The predicted molar refractivity (Wildman–Crippen MR) is 77.3 cm³/mol. The van der Waals surface area contributed by atoms with Crippen molar-refractivity contribution in [3.8, 4) is 5.75 Å². The van der Waals surface area contributed by atoms with Crippen LogP contribution in [-0.4, -0.2) is 26.4 Å². The molecule has 108 valence electrons. The van der Waals surface area contributed by atoms with E-state index in [2.05, 4.69) is 0 Å². The summed E-state index contributed by atoms with van der Waals surface area (Å²) in [5.74, 6) is -0.733. The highest BCUT2D eigenvalue weighted by Crippen LogP contribution is 2.21. The predicted octanol–water partition coefficient (Wildman–Crippen LogP) is 2.66. The standard InChI is InChI=1S/C16H14FNO3/c1-18(10-19)13-6-3-11(4-7-13)16(20)12-5-8-14(17)15(9-12)21-2/h3-10H,1-2H3. The van der Waals surface area contributed by atoms with Crippen LogP contribution in [0.3, 0.4) is 0 Å². The summed E-state index contributed by atoms with van der Waals surface area (Å²) < 4.78 is 18.2. The van der Waals surface area contributed by atoms with Gasteiger partial charge in [0.2, 0.25) is 6.41 Å². The number of amides is 1. The Morgan fingerprint density at radius 2 is 1.76 bits per heavy atom. The molecule has 0 aliphatic heterocycles. The van der Waals surface area contributed by atoms with Crippen LogP contribution in [0.4, 0.5) is 10.1 Å². The second kappa shape index (κ2) is 6.17. The van der Waals surface area contributed by atoms with Gasteiger partial charge in [-0.3, -0.25) is 9.59 Å². The number of benzene rings is 2. The molecular formula is C16H14FNO3. The zero-order valence-electron chi connectivity index (χ0n) is 11.7. The van der Waals surface area contributed by atoms with E-state index < -0.39 is 5.82 Å². The molecular weight excluding hydrogens is 273 g/mol. The van der Waals surface area contributed by atoms with Crippen LogP contribution >= 0.6 is 0 Å². The van der Waals surface area contributed by atoms with Crippen molar-refractivity contribution in [2.24, 2.45) is 0 Å². The van der Waals surface area contributed by atoms with E-state index in [4.69, 9.17) is 4.74 Å². The first-order chi connectivity index (χ1) is 10.1. The number of hydrogen-bond donors (Lipinski definition) is 0. The lowest BCUT2D eigenvalue weighted by Crippen LogP contribution is -2.13. The molecule has 0 radical (unpaired) electrons. The number of hydrogen-bond acceptors (Lipinski definition) is 3. The summed E-state index contributed by atoms with van der Waals surface area (Å²) >= 11 is 0. The molecule has 0 aromatic heterocycles. The van der Waals surface area contributed by atoms with Crippen molar-refractivity contribution in [2.45, 2.75) is 0 Å². The number of rotatable bonds is 5. The van der Waals surface area contributed by atoms with Gasteiger partial charge in [0.15, 0.2) is 17.3 Å². The minimum atomic E-state index is -0.517. The van der Waals surface area contributed by atoms with Crippen molar-refractivity contribution in [1.29, 1.82) is 0 Å². The van der Waals surface area contributed by atoms with E-state index in [-0.39, 0.29) is 11.5 Å². The third-order valence-electron chi connectivity index (χ3n) is 3.11. The Hall–Kier alpha value is -2.69. The SMILES string of the molecule is COc1cc(C(=O)c2ccc(N(C)C=O)cc2)ccc1F. The number of halogens is 1. The molecule has 0 unspecified atom stereocenters. The topological polar surface area (TPSA) is 46.6 Å². The number of ether oxygens (including phenoxy) is 1. The molecule has 0 fully saturated rings. The van der Waals surface area contributed by atoms with Gasteiger partial charge in [0.05, 0.1) is 7.11 Å². The smallest absolute Gasteiger partial charge is 0.213 e. The Morgan fingerprint density at radius 3 is 2.33 bits per heavy atom. The maximum absolute atomic E-state index is 13.3. The highest BCUT2D eigenvalue weighted by molar-refractivity contribution is 6.09. The Labute approximate surface area is 121 Å². The van der Waals surface area contributed by atoms with Gasteiger partial charge in [0, 0.05) is 23.9 Å². The average molecular weight is 287 g/mol. The lowest BCUT2D eigenvalue weighted by molar-refractivity contribution is -0.107. The minimum Gasteiger partial charge on any atom is -0.494 e. The summed E-state index contributed by atoms with van der Waals surface area (Å²) in [6.07, 6.45) is 0.682. The van der Waals surface area contributed by atoms with Gasteiger partial charge in [0.1, 0.15) is 0 Å². The molecule has 0 heterocycles. The monoisotopic (exact) mass is 287 g/mol. The second-order valence-corrected chi connectivity index (χ2v) is 4.44. The first-order valence-corrected chi connectivity index (χ1v) is 6.23. The molecule has 0 spiro atoms. The molecule has 4 nitrogen and oxygen atoms in total. The summed E-state index contributed by atoms with van der Waals surface area (Å²) in [4.78, 5) is 24.4. The first kappa shape index (κ1) is 14.7. The van der Waals surface area contributed by atoms with Gasteiger partial charge in [-0.1, -0.05) is 0 Å². The summed E-state index contributed by atoms with van der Waals surface area (Å²) in [7, 11) is 2.96. The maximum Gasteiger partial charge on any atom is 0.213 e. The quantitative estimate of drug-likeness (QED) is 0.627. The Bertz CT molecular complexity index is 668. The van der Waals surface area contributed by atoms with E-state index >= 15 is 0 Å². The number of nitrogens with zero attached hydrogens (tertiary/aromatic N) is 1. The third-order valence-corrected chi connectivity index (χ3v) is 3.11. The average Bonchev–Trinajstić information content (AvgIpc) is 2.54. The van der Waals surface area contributed by atoms with Crippen LogP contribution in [0.15, 0.2) is 42.5 Å². The van der Waals surface area contributed by atoms with Crippen molar-refractivity contribution in [3.05, 3.63) is 59.4 Å². The van der Waals surface area contributed by atoms with Crippen LogP contribution in [0.2, 0.25) is 0 Å². The van der Waals surface area contributed by atoms with E-state index in [1.807, 2.05) is 0 Å². The fourth-order valence-electron chi connectivity index (χ4n) is 1.88. The number of carbonyl (C=O) groups excluding carboxylic acids is 2. The molecule has 1 amide bonds. The van der Waals surface area contributed by atoms with Crippen molar-refractivity contribution < 1.29 is 18.7 Å². The second-order valence-electron chi connectivity index (χ2n) is 4.44. The van der Waals surface area contributed by atoms with Crippen LogP contribution in [0.5, 0.6) is 5.75 Å². The molecule has 21 heavy (non-hydrogen) atoms. The van der Waals surface area contributed by atoms with Gasteiger partial charge in [-0.15, -0.1) is 0 Å². The summed E-state index contributed by atoms with van der Waals surface area (Å²) in [5, 5.41) is 0. The van der Waals surface area contributed by atoms with Gasteiger partial charge < -0.3 is 9.64 Å². The van der Waals surface area contributed by atoms with E-state index in [0.717, 1.165) is 0 Å². The lowest BCUT2D eigenvalue weighted by atomic mass is 10.0. The Kier molecular flexibility index (Phi) is 4.33. The number of methoxy groups -OCH3 is 1. The molecule has 0 bridgehead atoms. The fourth-order valence-corrected chi connectivity index (χ4v) is 1.88. The van der Waals surface area contributed by atoms with E-state index in [1.165, 1.54) is 30.2 Å². The number of carbonyl (C=O) groups is 2. The molecule has 0 saturated heterocycles. The van der Waals surface area contributed by atoms with Crippen LogP contribution in [0, 0.1) is 5.82 Å². The van der Waals surface area contributed by atoms with Gasteiger partial charge >= 0.3 is 0 Å². The van der Waals surface area contributed by atoms with Gasteiger partial charge in [0.25, 0.3) is 0 Å². The molecule has 0 aliphatic rings. The molecule has 0 N–H and O–H groups in total. The molecule has 2 rings (SSSR count). The summed E-state index contributed by atoms with van der Waals surface area (Å²) in [6, 6.07) is 10.5. The summed E-state index contributed by atoms with van der Waals surface area (Å²) in [5.41, 5.74) is 1.47. The number of anilines is 1. The zero-order valence-corrected chi connectivity index (χ0v) is 11.7. The number of ketones is 1. The highest BCUT2D eigenvalue weighted by atomic mass is 19.1. The van der Waals surface area contributed by atoms with Gasteiger partial charge in [-0.25, -0.2) is 4.39 Å². The lowest BCUT2D eigenvalue weighted by Gasteiger charge is -2.11. The Balaban J connectivity index is 2.29. The normalized spacial score (nSPS) is 10.0. The molecule has 0 atom stereocenters. The van der Waals surface area contributed by atoms with Crippen LogP contribution in [-0.2, 0) is 4.79 Å². The fraction of sp³-hybridized carbons (Fsp3) is 0.125. The molecule has 2 aromatic carbocycles. The van der Waals surface area contributed by atoms with Gasteiger partial charge in [-0.2, -0.15) is 0 Å². The van der Waals surface area contributed by atoms with E-state index in [1.54, 1.807) is 31.3 Å². The molecule has 2 aromatic rings. The maximum atomic E-state index is 13.3. The third kappa shape index (κ3) is 3.08. The van der Waals surface area contributed by atoms with Crippen molar-refractivity contribution in [3.63, 3.8) is 0 Å². The molecule has 0 saturated carbocycles. The van der Waals surface area contributed by atoms with Crippen molar-refractivity contribution >= 4 is 17.9 Å². The van der Waals surface area contributed by atoms with Crippen LogP contribution < -0.4 is 9.64 Å². The zero-order chi connectivity index (χ0) is 15.4. The summed E-state index contributed by atoms with van der Waals surface area (Å²) in [6.45, 7) is 0. The largest absolute Gasteiger partial charge is 0.494 e. The Morgan fingerprint density at radius 1 is 1.14 bits per heavy atom. The molecule has 5 heteroatoms. The molecule has 0 aliphatic carbocycles. The van der Waals surface area contributed by atoms with Crippen molar-refractivity contribution in [1.82, 2.24) is 0 Å².